The highest BCUT2D eigenvalue weighted by Crippen LogP contribution is 2.01. The van der Waals surface area contributed by atoms with Crippen LogP contribution in [0.2, 0.25) is 0 Å². The molecule has 0 aliphatic carbocycles. The van der Waals surface area contributed by atoms with Crippen LogP contribution in [0.5, 0.6) is 0 Å². The van der Waals surface area contributed by atoms with Gasteiger partial charge in [0.15, 0.2) is 0 Å². The molecule has 0 aliphatic rings. The van der Waals surface area contributed by atoms with Gasteiger partial charge in [0, 0.05) is 38.4 Å². The van der Waals surface area contributed by atoms with E-state index in [1.54, 1.807) is 6.08 Å². The molecule has 1 aromatic carbocycles. The van der Waals surface area contributed by atoms with E-state index in [0.29, 0.717) is 31.8 Å². The lowest BCUT2D eigenvalue weighted by Crippen LogP contribution is -2.28. The minimum Gasteiger partial charge on any atom is -0.468 e. The van der Waals surface area contributed by atoms with Crippen LogP contribution in [-0.2, 0) is 28.6 Å². The zero-order valence-electron chi connectivity index (χ0n) is 26.3. The minimum atomic E-state index is -0.563. The number of ether oxygens (including phenoxy) is 3. The Morgan fingerprint density at radius 2 is 1.46 bits per heavy atom. The van der Waals surface area contributed by atoms with E-state index >= 15 is 0 Å². The number of likely N-dealkylation sites (N-methyl/N-ethyl adjacent to an activating group) is 1. The molecule has 0 radical (unpaired) electrons. The van der Waals surface area contributed by atoms with Crippen molar-refractivity contribution in [3.63, 3.8) is 0 Å². The Bertz CT molecular complexity index is 773. The number of alkyl carbamates (subject to hydrolysis) is 1. The second-order valence-electron chi connectivity index (χ2n) is 7.67. The van der Waals surface area contributed by atoms with E-state index in [9.17, 15) is 19.2 Å². The van der Waals surface area contributed by atoms with Crippen molar-refractivity contribution < 1.29 is 33.4 Å². The maximum atomic E-state index is 11.2. The molecule has 2 amide bonds. The smallest absolute Gasteiger partial charge is 0.411 e. The third kappa shape index (κ3) is 46.4. The van der Waals surface area contributed by atoms with Gasteiger partial charge in [0.2, 0.25) is 5.91 Å². The molecule has 236 valence electrons. The number of hydrogen-bond donors (Lipinski definition) is 4. The highest BCUT2D eigenvalue weighted by atomic mass is 16.6. The maximum absolute atomic E-state index is 11.2. The van der Waals surface area contributed by atoms with Crippen molar-refractivity contribution in [2.75, 3.05) is 52.3 Å². The van der Waals surface area contributed by atoms with Crippen LogP contribution in [0, 0.1) is 0 Å². The lowest BCUT2D eigenvalue weighted by atomic mass is 10.3. The molecule has 0 fully saturated rings. The summed E-state index contributed by atoms with van der Waals surface area (Å²) in [6, 6.07) is 10.1. The highest BCUT2D eigenvalue weighted by molar-refractivity contribution is 5.72. The number of allylic oxidation sites excluding steroid dienone is 3. The van der Waals surface area contributed by atoms with Gasteiger partial charge in [0.25, 0.3) is 12.9 Å². The van der Waals surface area contributed by atoms with Crippen molar-refractivity contribution in [2.45, 2.75) is 60.8 Å². The summed E-state index contributed by atoms with van der Waals surface area (Å²) in [6.45, 7) is 14.5. The molecule has 1 aromatic rings. The quantitative estimate of drug-likeness (QED) is 0.105. The fourth-order valence-corrected chi connectivity index (χ4v) is 2.08. The van der Waals surface area contributed by atoms with Gasteiger partial charge in [-0.15, -0.1) is 0 Å². The van der Waals surface area contributed by atoms with E-state index in [4.69, 9.17) is 4.74 Å². The minimum absolute atomic E-state index is 0.0280. The SMILES string of the molecule is C/C=C\C(=C/CC)NC(=O)OCCOC=O.CCC.CCCOC=O.CNCCNC(C)=O.CNc1ccccc1. The molecule has 11 heteroatoms. The molecule has 0 spiro atoms. The first-order chi connectivity index (χ1) is 19.8. The lowest BCUT2D eigenvalue weighted by molar-refractivity contribution is -0.130. The van der Waals surface area contributed by atoms with Crippen molar-refractivity contribution in [3.8, 4) is 0 Å². The monoisotopic (exact) mass is 582 g/mol. The van der Waals surface area contributed by atoms with Crippen molar-refractivity contribution >= 4 is 30.6 Å². The third-order valence-electron chi connectivity index (χ3n) is 3.72. The zero-order chi connectivity index (χ0) is 32.0. The van der Waals surface area contributed by atoms with Gasteiger partial charge in [-0.1, -0.05) is 64.5 Å². The Hall–Kier alpha value is -3.86. The predicted molar refractivity (Wildman–Crippen MR) is 167 cm³/mol. The summed E-state index contributed by atoms with van der Waals surface area (Å²) in [5, 5.41) is 11.1. The zero-order valence-corrected chi connectivity index (χ0v) is 26.3. The molecule has 0 aliphatic heterocycles. The van der Waals surface area contributed by atoms with Gasteiger partial charge in [0.1, 0.15) is 13.2 Å². The van der Waals surface area contributed by atoms with Crippen molar-refractivity contribution in [1.29, 1.82) is 0 Å². The topological polar surface area (TPSA) is 144 Å². The number of anilines is 1. The lowest BCUT2D eigenvalue weighted by Gasteiger charge is -2.06. The Labute approximate surface area is 247 Å². The summed E-state index contributed by atoms with van der Waals surface area (Å²) < 4.78 is 13.4. The molecule has 4 N–H and O–H groups in total. The maximum Gasteiger partial charge on any atom is 0.411 e. The number of rotatable bonds is 14. The number of carbonyl (C=O) groups excluding carboxylic acids is 4. The number of amides is 2. The van der Waals surface area contributed by atoms with E-state index in [1.807, 2.05) is 77.4 Å². The molecule has 0 saturated carbocycles. The molecular formula is C30H54N4O7. The second-order valence-corrected chi connectivity index (χ2v) is 7.67. The molecule has 0 atom stereocenters. The van der Waals surface area contributed by atoms with E-state index in [-0.39, 0.29) is 19.1 Å². The fourth-order valence-electron chi connectivity index (χ4n) is 2.08. The first kappa shape index (κ1) is 44.2. The van der Waals surface area contributed by atoms with Gasteiger partial charge in [0.05, 0.1) is 6.61 Å². The molecule has 0 heterocycles. The Morgan fingerprint density at radius 1 is 0.878 bits per heavy atom. The van der Waals surface area contributed by atoms with Crippen LogP contribution in [0.25, 0.3) is 0 Å². The largest absolute Gasteiger partial charge is 0.468 e. The summed E-state index contributed by atoms with van der Waals surface area (Å²) >= 11 is 0. The van der Waals surface area contributed by atoms with Gasteiger partial charge in [-0.05, 0) is 45.0 Å². The number of benzene rings is 1. The first-order valence-electron chi connectivity index (χ1n) is 13.8. The molecule has 0 bridgehead atoms. The molecule has 0 aromatic heterocycles. The van der Waals surface area contributed by atoms with Gasteiger partial charge >= 0.3 is 6.09 Å². The van der Waals surface area contributed by atoms with Crippen LogP contribution >= 0.6 is 0 Å². The Kier molecular flexibility index (Phi) is 43.8. The first-order valence-corrected chi connectivity index (χ1v) is 13.8. The molecule has 41 heavy (non-hydrogen) atoms. The van der Waals surface area contributed by atoms with Crippen molar-refractivity contribution in [2.24, 2.45) is 0 Å². The van der Waals surface area contributed by atoms with Crippen molar-refractivity contribution in [1.82, 2.24) is 16.0 Å². The van der Waals surface area contributed by atoms with Crippen LogP contribution in [0.1, 0.15) is 60.8 Å². The molecule has 11 nitrogen and oxygen atoms in total. The van der Waals surface area contributed by atoms with E-state index < -0.39 is 6.09 Å². The van der Waals surface area contributed by atoms with E-state index in [1.165, 1.54) is 13.3 Å². The average molecular weight is 583 g/mol. The number of nitrogens with one attached hydrogen (secondary N) is 4. The summed E-state index contributed by atoms with van der Waals surface area (Å²) in [5.74, 6) is 0.0280. The summed E-state index contributed by atoms with van der Waals surface area (Å²) in [7, 11) is 3.76. The normalized spacial score (nSPS) is 9.32. The van der Waals surface area contributed by atoms with E-state index in [2.05, 4.69) is 44.6 Å². The number of hydrogen-bond acceptors (Lipinski definition) is 9. The van der Waals surface area contributed by atoms with Crippen LogP contribution < -0.4 is 21.3 Å². The number of carbonyl (C=O) groups is 4. The summed E-state index contributed by atoms with van der Waals surface area (Å²) in [5.41, 5.74) is 1.85. The standard InChI is InChI=1S/C11H17NO4.C7H9N.C5H12N2O.C4H8O2.C3H8/c1-3-5-10(6-4-2)12-11(14)16-8-7-15-9-13;1-8-7-5-3-2-4-6-7;1-5(8)7-4-3-6-2;1-2-3-6-4-5;1-3-2/h3,5-6,9H,4,7-8H2,1-2H3,(H,12,14);2-6,8H,1H3;6H,3-4H2,1-2H3,(H,7,8);4H,2-3H2,1H3;3H2,1-2H3/b5-3-,10-6+;;;;. The highest BCUT2D eigenvalue weighted by Gasteiger charge is 2.02. The molecular weight excluding hydrogens is 528 g/mol. The Balaban J connectivity index is -0.000000231. The van der Waals surface area contributed by atoms with E-state index in [0.717, 1.165) is 25.1 Å². The summed E-state index contributed by atoms with van der Waals surface area (Å²) in [6.07, 6.45) is 7.85. The van der Waals surface area contributed by atoms with Crippen molar-refractivity contribution in [3.05, 3.63) is 54.3 Å². The van der Waals surface area contributed by atoms with Gasteiger partial charge < -0.3 is 30.2 Å². The van der Waals surface area contributed by atoms with Crippen LogP contribution in [0.3, 0.4) is 0 Å². The average Bonchev–Trinajstić information content (AvgIpc) is 2.96. The second kappa shape index (κ2) is 40.6. The molecule has 0 unspecified atom stereocenters. The van der Waals surface area contributed by atoms with Crippen LogP contribution in [-0.4, -0.2) is 72.0 Å². The predicted octanol–water partition coefficient (Wildman–Crippen LogP) is 4.81. The molecule has 0 saturated heterocycles. The van der Waals surface area contributed by atoms with Crippen LogP contribution in [0.15, 0.2) is 54.3 Å². The van der Waals surface area contributed by atoms with Gasteiger partial charge in [-0.3, -0.25) is 19.7 Å². The fraction of sp³-hybridized carbons (Fsp3) is 0.533. The number of para-hydroxylation sites is 1. The Morgan fingerprint density at radius 3 is 1.85 bits per heavy atom. The van der Waals surface area contributed by atoms with Crippen LogP contribution in [0.4, 0.5) is 10.5 Å². The van der Waals surface area contributed by atoms with Gasteiger partial charge in [-0.2, -0.15) is 0 Å². The van der Waals surface area contributed by atoms with Gasteiger partial charge in [-0.25, -0.2) is 4.79 Å². The molecule has 1 rings (SSSR count). The third-order valence-corrected chi connectivity index (χ3v) is 3.72. The summed E-state index contributed by atoms with van der Waals surface area (Å²) in [4.78, 5) is 40.5.